The first-order chi connectivity index (χ1) is 16.8. The van der Waals surface area contributed by atoms with Crippen LogP contribution in [0.25, 0.3) is 28.0 Å². The Bertz CT molecular complexity index is 1380. The lowest BCUT2D eigenvalue weighted by molar-refractivity contribution is 0.122. The third-order valence-corrected chi connectivity index (χ3v) is 6.65. The number of morpholine rings is 1. The molecule has 4 heterocycles. The molecule has 1 N–H and O–H groups in total. The zero-order valence-corrected chi connectivity index (χ0v) is 19.4. The molecule has 0 atom stereocenters. The van der Waals surface area contributed by atoms with Crippen LogP contribution >= 0.6 is 11.3 Å². The van der Waals surface area contributed by atoms with E-state index >= 15 is 0 Å². The molecule has 0 spiro atoms. The fourth-order valence-electron chi connectivity index (χ4n) is 4.13. The van der Waals surface area contributed by atoms with Crippen LogP contribution in [0.3, 0.4) is 0 Å². The van der Waals surface area contributed by atoms with Crippen LogP contribution in [0.5, 0.6) is 0 Å². The van der Waals surface area contributed by atoms with Gasteiger partial charge in [0.2, 0.25) is 5.95 Å². The molecule has 7 nitrogen and oxygen atoms in total. The predicted molar refractivity (Wildman–Crippen MR) is 137 cm³/mol. The smallest absolute Gasteiger partial charge is 0.229 e. The van der Waals surface area contributed by atoms with Gasteiger partial charge in [-0.05, 0) is 28.1 Å². The van der Waals surface area contributed by atoms with Crippen LogP contribution < -0.4 is 10.2 Å². The van der Waals surface area contributed by atoms with Crippen molar-refractivity contribution in [3.05, 3.63) is 83.3 Å². The lowest BCUT2D eigenvalue weighted by Gasteiger charge is -2.27. The topological polar surface area (TPSA) is 68.1 Å². The molecule has 1 aliphatic rings. The Morgan fingerprint density at radius 1 is 0.912 bits per heavy atom. The van der Waals surface area contributed by atoms with E-state index in [1.807, 2.05) is 17.0 Å². The van der Waals surface area contributed by atoms with Gasteiger partial charge in [0, 0.05) is 25.0 Å². The van der Waals surface area contributed by atoms with Crippen molar-refractivity contribution in [2.75, 3.05) is 36.5 Å². The summed E-state index contributed by atoms with van der Waals surface area (Å²) < 4.78 is 7.55. The van der Waals surface area contributed by atoms with E-state index in [4.69, 9.17) is 14.7 Å². The highest BCUT2D eigenvalue weighted by Gasteiger charge is 2.20. The molecular weight excluding hydrogens is 444 g/mol. The number of ether oxygens (including phenoxy) is 1. The number of fused-ring (bicyclic) bond motifs is 1. The minimum Gasteiger partial charge on any atom is -0.378 e. The van der Waals surface area contributed by atoms with Gasteiger partial charge in [0.15, 0.2) is 17.0 Å². The Kier molecular flexibility index (Phi) is 5.66. The number of hydrogen-bond donors (Lipinski definition) is 1. The van der Waals surface area contributed by atoms with E-state index in [1.54, 1.807) is 11.3 Å². The van der Waals surface area contributed by atoms with Crippen molar-refractivity contribution in [2.24, 2.45) is 0 Å². The van der Waals surface area contributed by atoms with E-state index in [9.17, 15) is 0 Å². The number of thiophene rings is 1. The second-order valence-electron chi connectivity index (χ2n) is 8.16. The summed E-state index contributed by atoms with van der Waals surface area (Å²) >= 11 is 1.66. The first-order valence-electron chi connectivity index (χ1n) is 11.3. The molecule has 0 aliphatic carbocycles. The van der Waals surface area contributed by atoms with Gasteiger partial charge in [-0.3, -0.25) is 4.57 Å². The van der Waals surface area contributed by atoms with Gasteiger partial charge in [0.25, 0.3) is 0 Å². The molecule has 5 aromatic rings. The highest BCUT2D eigenvalue weighted by molar-refractivity contribution is 7.08. The maximum absolute atomic E-state index is 5.52. The number of nitrogens with zero attached hydrogens (tertiary/aromatic N) is 5. The van der Waals surface area contributed by atoms with Crippen molar-refractivity contribution < 1.29 is 4.74 Å². The molecule has 2 aromatic carbocycles. The van der Waals surface area contributed by atoms with Gasteiger partial charge in [-0.25, -0.2) is 4.98 Å². The molecule has 8 heteroatoms. The fourth-order valence-corrected chi connectivity index (χ4v) is 4.76. The molecule has 0 bridgehead atoms. The summed E-state index contributed by atoms with van der Waals surface area (Å²) in [5.74, 6) is 1.45. The van der Waals surface area contributed by atoms with E-state index in [0.717, 1.165) is 35.8 Å². The Balaban J connectivity index is 1.31. The summed E-state index contributed by atoms with van der Waals surface area (Å²) in [5.41, 5.74) is 6.23. The SMILES string of the molecule is c1ccc(-c2ccc(CNc3nc(N4CCOCC4)nc4c3ncn4-c3ccsc3)cc2)cc1. The number of rotatable bonds is 6. The molecule has 1 fully saturated rings. The van der Waals surface area contributed by atoms with Gasteiger partial charge in [0.05, 0.1) is 18.9 Å². The molecular formula is C26H24N6OS. The second kappa shape index (κ2) is 9.24. The van der Waals surface area contributed by atoms with E-state index < -0.39 is 0 Å². The second-order valence-corrected chi connectivity index (χ2v) is 8.94. The minimum atomic E-state index is 0.648. The molecule has 0 radical (unpaired) electrons. The highest BCUT2D eigenvalue weighted by atomic mass is 32.1. The number of aromatic nitrogens is 4. The summed E-state index contributed by atoms with van der Waals surface area (Å²) in [6.45, 7) is 3.56. The number of anilines is 2. The van der Waals surface area contributed by atoms with Crippen LogP contribution in [0.4, 0.5) is 11.8 Å². The number of nitrogens with one attached hydrogen (secondary N) is 1. The van der Waals surface area contributed by atoms with Crippen molar-refractivity contribution in [3.8, 4) is 16.8 Å². The van der Waals surface area contributed by atoms with Crippen molar-refractivity contribution in [1.82, 2.24) is 19.5 Å². The van der Waals surface area contributed by atoms with Gasteiger partial charge in [0.1, 0.15) is 6.33 Å². The quantitative estimate of drug-likeness (QED) is 0.379. The molecule has 0 saturated carbocycles. The van der Waals surface area contributed by atoms with E-state index in [-0.39, 0.29) is 0 Å². The number of imidazole rings is 1. The first-order valence-corrected chi connectivity index (χ1v) is 12.3. The normalized spacial score (nSPS) is 13.9. The zero-order chi connectivity index (χ0) is 22.7. The van der Waals surface area contributed by atoms with Gasteiger partial charge in [-0.15, -0.1) is 0 Å². The summed E-state index contributed by atoms with van der Waals surface area (Å²) in [5, 5.41) is 7.67. The molecule has 6 rings (SSSR count). The van der Waals surface area contributed by atoms with Gasteiger partial charge in [-0.2, -0.15) is 21.3 Å². The van der Waals surface area contributed by atoms with Crippen LogP contribution in [0.2, 0.25) is 0 Å². The Morgan fingerprint density at radius 3 is 2.47 bits per heavy atom. The largest absolute Gasteiger partial charge is 0.378 e. The maximum atomic E-state index is 5.52. The standard InChI is InChI=1S/C26H24N6OS/c1-2-4-20(5-3-1)21-8-6-19(7-9-21)16-27-24-23-25(32(18-28-23)22-10-15-34-17-22)30-26(29-24)31-11-13-33-14-12-31/h1-10,15,17-18H,11-14,16H2,(H,27,29,30). The molecule has 0 unspecified atom stereocenters. The van der Waals surface area contributed by atoms with Gasteiger partial charge >= 0.3 is 0 Å². The van der Waals surface area contributed by atoms with Crippen LogP contribution in [-0.2, 0) is 11.3 Å². The average Bonchev–Trinajstić information content (AvgIpc) is 3.59. The zero-order valence-electron chi connectivity index (χ0n) is 18.6. The van der Waals surface area contributed by atoms with Crippen molar-refractivity contribution in [1.29, 1.82) is 0 Å². The Labute approximate surface area is 201 Å². The summed E-state index contributed by atoms with van der Waals surface area (Å²) in [7, 11) is 0. The van der Waals surface area contributed by atoms with Crippen molar-refractivity contribution in [2.45, 2.75) is 6.54 Å². The van der Waals surface area contributed by atoms with Gasteiger partial charge < -0.3 is 15.0 Å². The fraction of sp³-hybridized carbons (Fsp3) is 0.192. The molecule has 3 aromatic heterocycles. The molecule has 1 saturated heterocycles. The Hall–Kier alpha value is -3.75. The van der Waals surface area contributed by atoms with Crippen molar-refractivity contribution in [3.63, 3.8) is 0 Å². The van der Waals surface area contributed by atoms with E-state index in [1.165, 1.54) is 16.7 Å². The third kappa shape index (κ3) is 4.13. The molecule has 0 amide bonds. The van der Waals surface area contributed by atoms with Crippen LogP contribution in [0, 0.1) is 0 Å². The van der Waals surface area contributed by atoms with Gasteiger partial charge in [-0.1, -0.05) is 54.6 Å². The summed E-state index contributed by atoms with van der Waals surface area (Å²) in [6, 6.07) is 21.1. The molecule has 1 aliphatic heterocycles. The molecule has 170 valence electrons. The van der Waals surface area contributed by atoms with E-state index in [0.29, 0.717) is 25.7 Å². The molecule has 34 heavy (non-hydrogen) atoms. The highest BCUT2D eigenvalue weighted by Crippen LogP contribution is 2.27. The third-order valence-electron chi connectivity index (χ3n) is 5.98. The Morgan fingerprint density at radius 2 is 1.71 bits per heavy atom. The van der Waals surface area contributed by atoms with Crippen molar-refractivity contribution >= 4 is 34.3 Å². The average molecular weight is 469 g/mol. The van der Waals surface area contributed by atoms with Crippen LogP contribution in [0.15, 0.2) is 77.8 Å². The maximum Gasteiger partial charge on any atom is 0.229 e. The predicted octanol–water partition coefficient (Wildman–Crippen LogP) is 4.99. The first kappa shape index (κ1) is 20.8. The summed E-state index contributed by atoms with van der Waals surface area (Å²) in [4.78, 5) is 16.6. The number of benzene rings is 2. The lowest BCUT2D eigenvalue weighted by atomic mass is 10.0. The van der Waals surface area contributed by atoms with Crippen LogP contribution in [-0.4, -0.2) is 45.8 Å². The lowest BCUT2D eigenvalue weighted by Crippen LogP contribution is -2.37. The van der Waals surface area contributed by atoms with E-state index in [2.05, 4.69) is 80.6 Å². The van der Waals surface area contributed by atoms with Crippen LogP contribution in [0.1, 0.15) is 5.56 Å². The summed E-state index contributed by atoms with van der Waals surface area (Å²) in [6.07, 6.45) is 1.82. The monoisotopic (exact) mass is 468 g/mol. The number of hydrogen-bond acceptors (Lipinski definition) is 7. The minimum absolute atomic E-state index is 0.648.